The Hall–Kier alpha value is -3.54. The quantitative estimate of drug-likeness (QED) is 0.503. The van der Waals surface area contributed by atoms with E-state index < -0.39 is 0 Å². The van der Waals surface area contributed by atoms with E-state index >= 15 is 0 Å². The number of carbonyl (C=O) groups excluding carboxylic acids is 1. The number of nitrogens with one attached hydrogen (secondary N) is 1. The van der Waals surface area contributed by atoms with E-state index in [9.17, 15) is 4.79 Å². The van der Waals surface area contributed by atoms with Crippen molar-refractivity contribution >= 4 is 5.91 Å². The van der Waals surface area contributed by atoms with Crippen LogP contribution in [0.3, 0.4) is 0 Å². The van der Waals surface area contributed by atoms with Crippen LogP contribution in [0.2, 0.25) is 0 Å². The fourth-order valence-electron chi connectivity index (χ4n) is 3.18. The van der Waals surface area contributed by atoms with Crippen molar-refractivity contribution in [1.29, 1.82) is 0 Å². The van der Waals surface area contributed by atoms with E-state index in [0.717, 1.165) is 23.3 Å². The van der Waals surface area contributed by atoms with Gasteiger partial charge in [-0.1, -0.05) is 25.1 Å². The topological polar surface area (TPSA) is 69.7 Å². The molecule has 1 heterocycles. The summed E-state index contributed by atoms with van der Waals surface area (Å²) in [6.07, 6.45) is 4.24. The van der Waals surface area contributed by atoms with Crippen molar-refractivity contribution in [2.24, 2.45) is 0 Å². The molecule has 6 heteroatoms. The molecule has 1 unspecified atom stereocenters. The van der Waals surface area contributed by atoms with Crippen molar-refractivity contribution in [3.63, 3.8) is 0 Å². The average molecular weight is 421 g/mol. The predicted molar refractivity (Wildman–Crippen MR) is 120 cm³/mol. The van der Waals surface area contributed by atoms with Gasteiger partial charge in [-0.15, -0.1) is 0 Å². The molecule has 0 spiro atoms. The Morgan fingerprint density at radius 2 is 1.84 bits per heavy atom. The smallest absolute Gasteiger partial charge is 0.251 e. The summed E-state index contributed by atoms with van der Waals surface area (Å²) in [4.78, 5) is 17.0. The molecule has 1 atom stereocenters. The minimum atomic E-state index is -0.164. The van der Waals surface area contributed by atoms with E-state index in [1.54, 1.807) is 37.7 Å². The SMILES string of the molecule is CCOc1cc(C(=O)NC(CC)c2ccc(OC)cc2)ccc1OCc1cccnc1. The molecule has 2 aromatic carbocycles. The van der Waals surface area contributed by atoms with Crippen molar-refractivity contribution in [3.8, 4) is 17.2 Å². The number of ether oxygens (including phenoxy) is 3. The Labute approximate surface area is 183 Å². The van der Waals surface area contributed by atoms with Gasteiger partial charge in [-0.25, -0.2) is 0 Å². The number of aromatic nitrogens is 1. The molecule has 0 fully saturated rings. The fraction of sp³-hybridized carbons (Fsp3) is 0.280. The first-order valence-corrected chi connectivity index (χ1v) is 10.4. The molecule has 0 bridgehead atoms. The molecule has 0 saturated heterocycles. The van der Waals surface area contributed by atoms with Gasteiger partial charge >= 0.3 is 0 Å². The number of methoxy groups -OCH3 is 1. The molecule has 0 aliphatic carbocycles. The molecule has 1 amide bonds. The first-order chi connectivity index (χ1) is 15.1. The molecule has 0 saturated carbocycles. The minimum absolute atomic E-state index is 0.101. The molecule has 162 valence electrons. The van der Waals surface area contributed by atoms with Gasteiger partial charge in [0.1, 0.15) is 12.4 Å². The lowest BCUT2D eigenvalue weighted by molar-refractivity contribution is 0.0935. The molecule has 1 N–H and O–H groups in total. The van der Waals surface area contributed by atoms with Gasteiger partial charge in [0, 0.05) is 23.5 Å². The van der Waals surface area contributed by atoms with Crippen LogP contribution < -0.4 is 19.5 Å². The van der Waals surface area contributed by atoms with E-state index in [-0.39, 0.29) is 11.9 Å². The van der Waals surface area contributed by atoms with Crippen molar-refractivity contribution in [2.75, 3.05) is 13.7 Å². The van der Waals surface area contributed by atoms with Gasteiger partial charge in [0.2, 0.25) is 0 Å². The van der Waals surface area contributed by atoms with Crippen molar-refractivity contribution in [1.82, 2.24) is 10.3 Å². The molecule has 1 aromatic heterocycles. The predicted octanol–water partition coefficient (Wildman–Crippen LogP) is 4.95. The van der Waals surface area contributed by atoms with Crippen LogP contribution in [0.15, 0.2) is 67.0 Å². The van der Waals surface area contributed by atoms with E-state index in [0.29, 0.717) is 30.3 Å². The van der Waals surface area contributed by atoms with Gasteiger partial charge in [0.05, 0.1) is 19.8 Å². The lowest BCUT2D eigenvalue weighted by Crippen LogP contribution is -2.28. The minimum Gasteiger partial charge on any atom is -0.497 e. The summed E-state index contributed by atoms with van der Waals surface area (Å²) < 4.78 is 16.8. The number of hydrogen-bond acceptors (Lipinski definition) is 5. The van der Waals surface area contributed by atoms with Crippen LogP contribution in [-0.2, 0) is 6.61 Å². The molecular formula is C25H28N2O4. The van der Waals surface area contributed by atoms with Crippen LogP contribution >= 0.6 is 0 Å². The van der Waals surface area contributed by atoms with Crippen LogP contribution in [0.4, 0.5) is 0 Å². The molecule has 3 aromatic rings. The highest BCUT2D eigenvalue weighted by Crippen LogP contribution is 2.30. The van der Waals surface area contributed by atoms with E-state index in [1.165, 1.54) is 0 Å². The maximum absolute atomic E-state index is 12.9. The van der Waals surface area contributed by atoms with Crippen molar-refractivity contribution < 1.29 is 19.0 Å². The van der Waals surface area contributed by atoms with Gasteiger partial charge in [-0.2, -0.15) is 0 Å². The highest BCUT2D eigenvalue weighted by Gasteiger charge is 2.17. The van der Waals surface area contributed by atoms with Gasteiger partial charge in [0.15, 0.2) is 11.5 Å². The molecule has 3 rings (SSSR count). The number of rotatable bonds is 10. The Morgan fingerprint density at radius 3 is 2.48 bits per heavy atom. The molecule has 0 aliphatic heterocycles. The first-order valence-electron chi connectivity index (χ1n) is 10.4. The molecular weight excluding hydrogens is 392 g/mol. The first kappa shape index (κ1) is 22.2. The fourth-order valence-corrected chi connectivity index (χ4v) is 3.18. The highest BCUT2D eigenvalue weighted by molar-refractivity contribution is 5.95. The maximum atomic E-state index is 12.9. The Bertz CT molecular complexity index is 975. The van der Waals surface area contributed by atoms with Crippen LogP contribution in [0, 0.1) is 0 Å². The summed E-state index contributed by atoms with van der Waals surface area (Å²) in [5.41, 5.74) is 2.50. The van der Waals surface area contributed by atoms with Gasteiger partial charge < -0.3 is 19.5 Å². The van der Waals surface area contributed by atoms with E-state index in [2.05, 4.69) is 10.3 Å². The summed E-state index contributed by atoms with van der Waals surface area (Å²) in [6.45, 7) is 4.78. The van der Waals surface area contributed by atoms with Crippen LogP contribution in [0.5, 0.6) is 17.2 Å². The lowest BCUT2D eigenvalue weighted by atomic mass is 10.0. The van der Waals surface area contributed by atoms with Crippen molar-refractivity contribution in [2.45, 2.75) is 32.9 Å². The second-order valence-corrected chi connectivity index (χ2v) is 6.95. The molecule has 31 heavy (non-hydrogen) atoms. The van der Waals surface area contributed by atoms with Crippen LogP contribution in [0.25, 0.3) is 0 Å². The Morgan fingerprint density at radius 1 is 1.03 bits per heavy atom. The number of pyridine rings is 1. The summed E-state index contributed by atoms with van der Waals surface area (Å²) in [5.74, 6) is 1.75. The number of benzene rings is 2. The van der Waals surface area contributed by atoms with Crippen molar-refractivity contribution in [3.05, 3.63) is 83.7 Å². The maximum Gasteiger partial charge on any atom is 0.251 e. The van der Waals surface area contributed by atoms with Gasteiger partial charge in [-0.05, 0) is 55.3 Å². The number of nitrogens with zero attached hydrogens (tertiary/aromatic N) is 1. The summed E-state index contributed by atoms with van der Waals surface area (Å²) in [7, 11) is 1.63. The zero-order valence-corrected chi connectivity index (χ0v) is 18.1. The standard InChI is InChI=1S/C25H28N2O4/c1-4-22(19-8-11-21(29-3)12-9-19)27-25(28)20-10-13-23(24(15-20)30-5-2)31-17-18-7-6-14-26-16-18/h6-16,22H,4-5,17H2,1-3H3,(H,27,28). The third-order valence-corrected chi connectivity index (χ3v) is 4.85. The molecule has 0 aliphatic rings. The number of carbonyl (C=O) groups is 1. The Kier molecular flexibility index (Phi) is 7.87. The van der Waals surface area contributed by atoms with E-state index in [4.69, 9.17) is 14.2 Å². The Balaban J connectivity index is 1.72. The molecule has 6 nitrogen and oxygen atoms in total. The average Bonchev–Trinajstić information content (AvgIpc) is 2.82. The monoisotopic (exact) mass is 420 g/mol. The normalized spacial score (nSPS) is 11.5. The summed E-state index contributed by atoms with van der Waals surface area (Å²) in [6, 6.07) is 16.7. The summed E-state index contributed by atoms with van der Waals surface area (Å²) >= 11 is 0. The van der Waals surface area contributed by atoms with Crippen LogP contribution in [-0.4, -0.2) is 24.6 Å². The largest absolute Gasteiger partial charge is 0.497 e. The van der Waals surface area contributed by atoms with Gasteiger partial charge in [-0.3, -0.25) is 9.78 Å². The molecule has 0 radical (unpaired) electrons. The number of hydrogen-bond donors (Lipinski definition) is 1. The lowest BCUT2D eigenvalue weighted by Gasteiger charge is -2.19. The zero-order valence-electron chi connectivity index (χ0n) is 18.1. The third-order valence-electron chi connectivity index (χ3n) is 4.85. The summed E-state index contributed by atoms with van der Waals surface area (Å²) in [5, 5.41) is 3.10. The van der Waals surface area contributed by atoms with Gasteiger partial charge in [0.25, 0.3) is 5.91 Å². The highest BCUT2D eigenvalue weighted by atomic mass is 16.5. The second-order valence-electron chi connectivity index (χ2n) is 6.95. The van der Waals surface area contributed by atoms with E-state index in [1.807, 2.05) is 50.2 Å². The number of amides is 1. The second kappa shape index (κ2) is 11.0. The van der Waals surface area contributed by atoms with Crippen LogP contribution in [0.1, 0.15) is 47.8 Å². The zero-order chi connectivity index (χ0) is 22.1. The third kappa shape index (κ3) is 5.98.